The van der Waals surface area contributed by atoms with Crippen LogP contribution in [0.5, 0.6) is 0 Å². The lowest BCUT2D eigenvalue weighted by molar-refractivity contribution is 1.04. The van der Waals surface area contributed by atoms with Gasteiger partial charge in [-0.15, -0.1) is 0 Å². The summed E-state index contributed by atoms with van der Waals surface area (Å²) in [4.78, 5) is 21.7. The van der Waals surface area contributed by atoms with Gasteiger partial charge in [-0.3, -0.25) is 9.89 Å². The van der Waals surface area contributed by atoms with E-state index >= 15 is 0 Å². The number of rotatable bonds is 3. The Balaban J connectivity index is 1.90. The van der Waals surface area contributed by atoms with E-state index in [1.807, 2.05) is 0 Å². The quantitative estimate of drug-likeness (QED) is 0.538. The number of nitrogen functional groups attached to an aromatic ring is 1. The minimum Gasteiger partial charge on any atom is -0.368 e. The summed E-state index contributed by atoms with van der Waals surface area (Å²) in [5.41, 5.74) is 6.95. The van der Waals surface area contributed by atoms with Crippen LogP contribution >= 0.6 is 11.3 Å². The maximum Gasteiger partial charge on any atom is 0.304 e. The van der Waals surface area contributed by atoms with Crippen molar-refractivity contribution in [2.75, 3.05) is 11.1 Å². The van der Waals surface area contributed by atoms with Gasteiger partial charge in [0.15, 0.2) is 5.65 Å². The molecule has 0 amide bonds. The molecule has 0 aliphatic heterocycles. The second-order valence-electron chi connectivity index (χ2n) is 3.59. The number of hydrogen-bond acceptors (Lipinski definition) is 7. The SMILES string of the molecule is Nc1nc(NCc2csc(=O)[nH]2)c2cn[nH]c2n1. The molecule has 0 fully saturated rings. The summed E-state index contributed by atoms with van der Waals surface area (Å²) in [7, 11) is 0. The molecule has 92 valence electrons. The van der Waals surface area contributed by atoms with Crippen molar-refractivity contribution in [1.82, 2.24) is 25.1 Å². The average molecular weight is 263 g/mol. The molecule has 0 unspecified atom stereocenters. The molecule has 0 saturated heterocycles. The molecule has 3 aromatic rings. The Hall–Kier alpha value is -2.42. The molecule has 8 nitrogen and oxygen atoms in total. The van der Waals surface area contributed by atoms with E-state index in [9.17, 15) is 4.79 Å². The fourth-order valence-corrected chi connectivity index (χ4v) is 2.15. The Morgan fingerprint density at radius 1 is 1.44 bits per heavy atom. The van der Waals surface area contributed by atoms with Gasteiger partial charge in [0, 0.05) is 11.1 Å². The van der Waals surface area contributed by atoms with E-state index in [0.29, 0.717) is 18.0 Å². The Bertz CT molecular complexity index is 743. The molecule has 0 spiro atoms. The Labute approximate surface area is 104 Å². The van der Waals surface area contributed by atoms with Crippen molar-refractivity contribution in [3.8, 4) is 0 Å². The minimum atomic E-state index is -0.0811. The number of nitrogens with two attached hydrogens (primary N) is 1. The van der Waals surface area contributed by atoms with Crippen molar-refractivity contribution in [2.45, 2.75) is 6.54 Å². The first-order chi connectivity index (χ1) is 8.72. The number of hydrogen-bond donors (Lipinski definition) is 4. The first-order valence-corrected chi connectivity index (χ1v) is 5.97. The van der Waals surface area contributed by atoms with E-state index in [4.69, 9.17) is 5.73 Å². The van der Waals surface area contributed by atoms with Crippen LogP contribution in [0.4, 0.5) is 11.8 Å². The van der Waals surface area contributed by atoms with Crippen LogP contribution in [0.1, 0.15) is 5.69 Å². The van der Waals surface area contributed by atoms with Gasteiger partial charge >= 0.3 is 4.87 Å². The zero-order chi connectivity index (χ0) is 12.5. The third-order valence-electron chi connectivity index (χ3n) is 2.34. The third kappa shape index (κ3) is 1.91. The molecule has 0 aliphatic carbocycles. The first kappa shape index (κ1) is 10.7. The van der Waals surface area contributed by atoms with Gasteiger partial charge in [-0.2, -0.15) is 15.1 Å². The maximum absolute atomic E-state index is 11.0. The number of H-pyrrole nitrogens is 2. The maximum atomic E-state index is 11.0. The van der Waals surface area contributed by atoms with Crippen molar-refractivity contribution >= 4 is 34.1 Å². The minimum absolute atomic E-state index is 0.0811. The number of fused-ring (bicyclic) bond motifs is 1. The molecule has 0 aliphatic rings. The molecule has 0 radical (unpaired) electrons. The molecule has 3 aromatic heterocycles. The predicted molar refractivity (Wildman–Crippen MR) is 68.4 cm³/mol. The predicted octanol–water partition coefficient (Wildman–Crippen LogP) is 0.297. The van der Waals surface area contributed by atoms with Crippen LogP contribution in [0, 0.1) is 0 Å². The first-order valence-electron chi connectivity index (χ1n) is 5.09. The number of anilines is 2. The van der Waals surface area contributed by atoms with Crippen molar-refractivity contribution in [1.29, 1.82) is 0 Å². The Kier molecular flexibility index (Phi) is 2.45. The topological polar surface area (TPSA) is 125 Å². The summed E-state index contributed by atoms with van der Waals surface area (Å²) in [6, 6.07) is 0. The van der Waals surface area contributed by atoms with E-state index < -0.39 is 0 Å². The number of aromatic nitrogens is 5. The van der Waals surface area contributed by atoms with Gasteiger partial charge in [-0.05, 0) is 0 Å². The lowest BCUT2D eigenvalue weighted by Crippen LogP contribution is -2.06. The average Bonchev–Trinajstić information content (AvgIpc) is 2.94. The van der Waals surface area contributed by atoms with Crippen molar-refractivity contribution in [3.05, 3.63) is 26.9 Å². The van der Waals surface area contributed by atoms with Gasteiger partial charge in [0.1, 0.15) is 5.82 Å². The molecule has 0 saturated carbocycles. The summed E-state index contributed by atoms with van der Waals surface area (Å²) in [6.45, 7) is 0.454. The highest BCUT2D eigenvalue weighted by Crippen LogP contribution is 2.19. The van der Waals surface area contributed by atoms with Gasteiger partial charge in [-0.1, -0.05) is 11.3 Å². The normalized spacial score (nSPS) is 10.9. The van der Waals surface area contributed by atoms with Crippen LogP contribution in [-0.2, 0) is 6.54 Å². The fraction of sp³-hybridized carbons (Fsp3) is 0.111. The number of thiazole rings is 1. The van der Waals surface area contributed by atoms with Gasteiger partial charge in [0.25, 0.3) is 0 Å². The van der Waals surface area contributed by atoms with Crippen LogP contribution in [0.25, 0.3) is 11.0 Å². The zero-order valence-electron chi connectivity index (χ0n) is 9.10. The highest BCUT2D eigenvalue weighted by Gasteiger charge is 2.07. The summed E-state index contributed by atoms with van der Waals surface area (Å²) in [6.07, 6.45) is 1.62. The fourth-order valence-electron chi connectivity index (χ4n) is 1.57. The molecular formula is C9H9N7OS. The van der Waals surface area contributed by atoms with Gasteiger partial charge in [0.05, 0.1) is 18.1 Å². The van der Waals surface area contributed by atoms with Crippen LogP contribution < -0.4 is 15.9 Å². The standard InChI is InChI=1S/C9H9N7OS/c10-8-14-6(5-2-12-16-7(5)15-8)11-1-4-3-18-9(17)13-4/h2-3H,1H2,(H,13,17)(H4,10,11,12,14,15,16). The number of nitrogens with zero attached hydrogens (tertiary/aromatic N) is 3. The number of nitrogens with one attached hydrogen (secondary N) is 3. The Morgan fingerprint density at radius 2 is 2.33 bits per heavy atom. The lowest BCUT2D eigenvalue weighted by Gasteiger charge is -2.05. The van der Waals surface area contributed by atoms with Crippen LogP contribution in [-0.4, -0.2) is 25.1 Å². The second kappa shape index (κ2) is 4.11. The monoisotopic (exact) mass is 263 g/mol. The lowest BCUT2D eigenvalue weighted by atomic mass is 10.4. The summed E-state index contributed by atoms with van der Waals surface area (Å²) in [5, 5.41) is 12.2. The van der Waals surface area contributed by atoms with Gasteiger partial charge < -0.3 is 16.0 Å². The van der Waals surface area contributed by atoms with Crippen molar-refractivity contribution < 1.29 is 0 Å². The van der Waals surface area contributed by atoms with E-state index in [1.54, 1.807) is 11.6 Å². The molecule has 0 bridgehead atoms. The van der Waals surface area contributed by atoms with E-state index in [-0.39, 0.29) is 10.8 Å². The van der Waals surface area contributed by atoms with Crippen LogP contribution in [0.15, 0.2) is 16.4 Å². The van der Waals surface area contributed by atoms with Crippen molar-refractivity contribution in [2.24, 2.45) is 0 Å². The molecule has 0 aromatic carbocycles. The highest BCUT2D eigenvalue weighted by atomic mass is 32.1. The molecule has 9 heteroatoms. The van der Waals surface area contributed by atoms with Gasteiger partial charge in [0.2, 0.25) is 5.95 Å². The smallest absolute Gasteiger partial charge is 0.304 e. The molecular weight excluding hydrogens is 254 g/mol. The van der Waals surface area contributed by atoms with E-state index in [1.165, 1.54) is 0 Å². The highest BCUT2D eigenvalue weighted by molar-refractivity contribution is 7.07. The summed E-state index contributed by atoms with van der Waals surface area (Å²) < 4.78 is 0. The third-order valence-corrected chi connectivity index (χ3v) is 3.06. The molecule has 18 heavy (non-hydrogen) atoms. The summed E-state index contributed by atoms with van der Waals surface area (Å²) in [5.74, 6) is 0.742. The van der Waals surface area contributed by atoms with Crippen LogP contribution in [0.2, 0.25) is 0 Å². The Morgan fingerprint density at radius 3 is 3.11 bits per heavy atom. The number of aromatic amines is 2. The van der Waals surface area contributed by atoms with Crippen LogP contribution in [0.3, 0.4) is 0 Å². The molecule has 3 heterocycles. The van der Waals surface area contributed by atoms with E-state index in [0.717, 1.165) is 22.4 Å². The molecule has 3 rings (SSSR count). The second-order valence-corrected chi connectivity index (χ2v) is 4.43. The van der Waals surface area contributed by atoms with Gasteiger partial charge in [-0.25, -0.2) is 0 Å². The zero-order valence-corrected chi connectivity index (χ0v) is 9.91. The van der Waals surface area contributed by atoms with E-state index in [2.05, 4.69) is 30.5 Å². The summed E-state index contributed by atoms with van der Waals surface area (Å²) >= 11 is 1.12. The molecule has 5 N–H and O–H groups in total. The largest absolute Gasteiger partial charge is 0.368 e. The molecule has 0 atom stereocenters. The van der Waals surface area contributed by atoms with Crippen molar-refractivity contribution in [3.63, 3.8) is 0 Å².